The third kappa shape index (κ3) is 10.7. The predicted molar refractivity (Wildman–Crippen MR) is 126 cm³/mol. The van der Waals surface area contributed by atoms with Gasteiger partial charge in [0, 0.05) is 62.9 Å². The zero-order valence-electron chi connectivity index (χ0n) is 18.4. The zero-order chi connectivity index (χ0) is 21.4. The van der Waals surface area contributed by atoms with Gasteiger partial charge in [0.1, 0.15) is 0 Å². The molecule has 1 saturated heterocycles. The summed E-state index contributed by atoms with van der Waals surface area (Å²) in [5.74, 6) is 0. The molecule has 6 nitrogen and oxygen atoms in total. The molecule has 2 aliphatic carbocycles. The van der Waals surface area contributed by atoms with E-state index in [4.69, 9.17) is 25.9 Å². The van der Waals surface area contributed by atoms with Crippen LogP contribution in [0.4, 0.5) is 0 Å². The first kappa shape index (κ1) is 27.1. The molecule has 5 unspecified atom stereocenters. The number of rotatable bonds is 3. The van der Waals surface area contributed by atoms with Crippen LogP contribution < -0.4 is 32.3 Å². The molecule has 2 saturated carbocycles. The van der Waals surface area contributed by atoms with Crippen molar-refractivity contribution < 1.29 is 13.1 Å². The maximum atomic E-state index is 5.77. The Kier molecular flexibility index (Phi) is 15.7. The second-order valence-electron chi connectivity index (χ2n) is 8.90. The molecule has 0 spiro atoms. The van der Waals surface area contributed by atoms with E-state index in [0.29, 0.717) is 30.2 Å². The maximum absolute atomic E-state index is 5.77. The number of halogens is 2. The van der Waals surface area contributed by atoms with Gasteiger partial charge in [0.15, 0.2) is 0 Å². The van der Waals surface area contributed by atoms with E-state index in [-0.39, 0.29) is 13.1 Å². The summed E-state index contributed by atoms with van der Waals surface area (Å²) < 4.78 is 0. The number of nitrogens with one attached hydrogen (secondary N) is 5. The normalized spacial score (nSPS) is 34.3. The summed E-state index contributed by atoms with van der Waals surface area (Å²) in [4.78, 5) is 0. The molecule has 1 aliphatic heterocycles. The van der Waals surface area contributed by atoms with Crippen molar-refractivity contribution in [2.75, 3.05) is 39.3 Å². The average molecular weight is 506 g/mol. The van der Waals surface area contributed by atoms with E-state index in [1.54, 1.807) is 0 Å². The Morgan fingerprint density at radius 3 is 1.50 bits per heavy atom. The molecule has 179 valence electrons. The van der Waals surface area contributed by atoms with Gasteiger partial charge in [-0.15, -0.1) is 0 Å². The fourth-order valence-corrected chi connectivity index (χ4v) is 5.22. The number of hydrogen-bond acceptors (Lipinski definition) is 6. The molecule has 3 aliphatic rings. The fraction of sp³-hybridized carbons (Fsp3) is 1.00. The fourth-order valence-electron chi connectivity index (χ4n) is 5.22. The van der Waals surface area contributed by atoms with Gasteiger partial charge in [-0.1, -0.05) is 25.7 Å². The molecular formula is C21H44Cl2MnN6. The number of fused-ring (bicyclic) bond motifs is 2. The van der Waals surface area contributed by atoms with Crippen LogP contribution in [0.2, 0.25) is 0 Å². The van der Waals surface area contributed by atoms with E-state index in [2.05, 4.69) is 26.6 Å². The van der Waals surface area contributed by atoms with Gasteiger partial charge in [0.05, 0.1) is 0 Å². The van der Waals surface area contributed by atoms with Gasteiger partial charge in [0.25, 0.3) is 0 Å². The summed E-state index contributed by atoms with van der Waals surface area (Å²) in [6.07, 6.45) is 13.0. The summed E-state index contributed by atoms with van der Waals surface area (Å²) >= 11 is 0.00694. The van der Waals surface area contributed by atoms with Gasteiger partial charge < -0.3 is 32.3 Å². The third-order valence-corrected chi connectivity index (χ3v) is 6.82. The second kappa shape index (κ2) is 17.4. The van der Waals surface area contributed by atoms with Crippen molar-refractivity contribution >= 4 is 20.2 Å². The van der Waals surface area contributed by atoms with Gasteiger partial charge in [-0.05, 0) is 45.1 Å². The molecule has 0 aromatic heterocycles. The van der Waals surface area contributed by atoms with Crippen molar-refractivity contribution in [2.24, 2.45) is 5.73 Å². The number of hydrogen-bond donors (Lipinski definition) is 6. The Morgan fingerprint density at radius 2 is 1.07 bits per heavy atom. The van der Waals surface area contributed by atoms with Crippen molar-refractivity contribution in [3.8, 4) is 0 Å². The second-order valence-corrected chi connectivity index (χ2v) is 10.9. The van der Waals surface area contributed by atoms with Crippen LogP contribution in [0.15, 0.2) is 0 Å². The molecule has 0 amide bonds. The molecule has 3 fully saturated rings. The molecule has 0 bridgehead atoms. The Labute approximate surface area is 198 Å². The minimum atomic E-state index is 0.00694. The summed E-state index contributed by atoms with van der Waals surface area (Å²) in [6.45, 7) is 6.13. The van der Waals surface area contributed by atoms with Crippen LogP contribution in [0, 0.1) is 0 Å². The van der Waals surface area contributed by atoms with Gasteiger partial charge >= 0.3 is 33.3 Å². The Bertz CT molecular complexity index is 423. The van der Waals surface area contributed by atoms with Crippen molar-refractivity contribution in [3.63, 3.8) is 0 Å². The van der Waals surface area contributed by atoms with Crippen molar-refractivity contribution in [2.45, 2.75) is 94.4 Å². The van der Waals surface area contributed by atoms with Crippen LogP contribution in [0.25, 0.3) is 0 Å². The Morgan fingerprint density at radius 1 is 0.667 bits per heavy atom. The van der Waals surface area contributed by atoms with E-state index in [9.17, 15) is 0 Å². The van der Waals surface area contributed by atoms with Crippen molar-refractivity contribution in [1.82, 2.24) is 26.6 Å². The van der Waals surface area contributed by atoms with Crippen molar-refractivity contribution in [1.29, 1.82) is 0 Å². The molecule has 7 N–H and O–H groups in total. The van der Waals surface area contributed by atoms with E-state index in [0.717, 1.165) is 45.7 Å². The van der Waals surface area contributed by atoms with Gasteiger partial charge in [0.2, 0.25) is 0 Å². The van der Waals surface area contributed by atoms with E-state index in [1.165, 1.54) is 57.8 Å². The molecule has 1 heterocycles. The molecule has 30 heavy (non-hydrogen) atoms. The van der Waals surface area contributed by atoms with Gasteiger partial charge in [-0.3, -0.25) is 0 Å². The van der Waals surface area contributed by atoms with Crippen LogP contribution >= 0.6 is 20.2 Å². The SMILES string of the molecule is NCCCC1CNC2CCCCC2NCCNC2CCCCC2NCCN1.[Cl][Mn][Cl]. The summed E-state index contributed by atoms with van der Waals surface area (Å²) in [7, 11) is 9.59. The molecule has 0 aromatic rings. The molecule has 0 radical (unpaired) electrons. The van der Waals surface area contributed by atoms with Crippen LogP contribution in [-0.2, 0) is 13.1 Å². The Balaban J connectivity index is 0.00000101. The molecule has 9 heteroatoms. The molecule has 0 aromatic carbocycles. The van der Waals surface area contributed by atoms with Crippen LogP contribution in [0.1, 0.15) is 64.2 Å². The van der Waals surface area contributed by atoms with Crippen LogP contribution in [-0.4, -0.2) is 69.5 Å². The average Bonchev–Trinajstić information content (AvgIpc) is 2.77. The molecular weight excluding hydrogens is 462 g/mol. The first-order valence-electron chi connectivity index (χ1n) is 12.0. The van der Waals surface area contributed by atoms with Crippen LogP contribution in [0.5, 0.6) is 0 Å². The zero-order valence-corrected chi connectivity index (χ0v) is 21.1. The van der Waals surface area contributed by atoms with E-state index in [1.807, 2.05) is 0 Å². The summed E-state index contributed by atoms with van der Waals surface area (Å²) in [6, 6.07) is 3.05. The van der Waals surface area contributed by atoms with E-state index >= 15 is 0 Å². The first-order valence-corrected chi connectivity index (χ1v) is 15.3. The quantitative estimate of drug-likeness (QED) is 0.329. The molecule has 3 rings (SSSR count). The van der Waals surface area contributed by atoms with E-state index < -0.39 is 0 Å². The minimum absolute atomic E-state index is 0.00694. The summed E-state index contributed by atoms with van der Waals surface area (Å²) in [5, 5.41) is 19.2. The predicted octanol–water partition coefficient (Wildman–Crippen LogP) is 2.05. The summed E-state index contributed by atoms with van der Waals surface area (Å²) in [5.41, 5.74) is 5.77. The monoisotopic (exact) mass is 505 g/mol. The first-order chi connectivity index (χ1) is 14.8. The topological polar surface area (TPSA) is 86.2 Å². The van der Waals surface area contributed by atoms with Gasteiger partial charge in [-0.2, -0.15) is 0 Å². The number of nitrogens with two attached hydrogens (primary N) is 1. The van der Waals surface area contributed by atoms with Crippen molar-refractivity contribution in [3.05, 3.63) is 0 Å². The third-order valence-electron chi connectivity index (χ3n) is 6.82. The standard InChI is InChI=1S/C21H44N6.2ClH.Mn/c22-11-5-6-17-16-27-21-10-4-3-9-20(21)26-15-14-25-19-8-2-1-7-18(19)24-13-12-23-17;;;/h17-21,23-27H,1-16,22H2;2*1H;/q;;;+2/p-2. The molecule has 5 atom stereocenters. The van der Waals surface area contributed by atoms with Gasteiger partial charge in [-0.25, -0.2) is 0 Å². The van der Waals surface area contributed by atoms with Crippen LogP contribution in [0.3, 0.4) is 0 Å². The Hall–Kier alpha value is 0.859.